The summed E-state index contributed by atoms with van der Waals surface area (Å²) >= 11 is 0. The second-order valence-corrected chi connectivity index (χ2v) is 7.50. The van der Waals surface area contributed by atoms with Crippen molar-refractivity contribution in [1.29, 1.82) is 0 Å². The quantitative estimate of drug-likeness (QED) is 0.835. The monoisotopic (exact) mass is 298 g/mol. The Balaban J connectivity index is 2.34. The highest BCUT2D eigenvalue weighted by atomic mass is 32.2. The Morgan fingerprint density at radius 3 is 2.60 bits per heavy atom. The van der Waals surface area contributed by atoms with Crippen LogP contribution in [0.15, 0.2) is 18.3 Å². The second-order valence-electron chi connectivity index (χ2n) is 5.40. The van der Waals surface area contributed by atoms with E-state index in [0.29, 0.717) is 6.54 Å². The van der Waals surface area contributed by atoms with E-state index < -0.39 is 10.2 Å². The van der Waals surface area contributed by atoms with Crippen LogP contribution in [0, 0.1) is 0 Å². The van der Waals surface area contributed by atoms with Crippen LogP contribution >= 0.6 is 0 Å². The first-order valence-electron chi connectivity index (χ1n) is 6.66. The lowest BCUT2D eigenvalue weighted by Gasteiger charge is -2.27. The van der Waals surface area contributed by atoms with Gasteiger partial charge in [0.25, 0.3) is 10.2 Å². The Morgan fingerprint density at radius 2 is 2.00 bits per heavy atom. The third kappa shape index (κ3) is 2.79. The molecular weight excluding hydrogens is 276 g/mol. The Hall–Kier alpha value is -1.18. The standard InChI is InChI=1S/C13H22N4O2S/c1-15(2)13-10-11(7-8-14-13)12-6-5-9-17(12)20(18,19)16(3)4/h7-8,10,12H,5-6,9H2,1-4H3/t12-/m0/s1. The van der Waals surface area contributed by atoms with Crippen LogP contribution < -0.4 is 4.90 Å². The molecule has 0 spiro atoms. The zero-order valence-corrected chi connectivity index (χ0v) is 13.3. The molecule has 0 bridgehead atoms. The maximum Gasteiger partial charge on any atom is 0.282 e. The molecular formula is C13H22N4O2S. The van der Waals surface area contributed by atoms with Crippen molar-refractivity contribution >= 4 is 16.0 Å². The van der Waals surface area contributed by atoms with Crippen molar-refractivity contribution in [2.24, 2.45) is 0 Å². The fourth-order valence-corrected chi connectivity index (χ4v) is 3.77. The van der Waals surface area contributed by atoms with Gasteiger partial charge in [0.2, 0.25) is 0 Å². The fourth-order valence-electron chi connectivity index (χ4n) is 2.45. The van der Waals surface area contributed by atoms with Crippen LogP contribution in [0.2, 0.25) is 0 Å². The summed E-state index contributed by atoms with van der Waals surface area (Å²) < 4.78 is 27.6. The number of anilines is 1. The van der Waals surface area contributed by atoms with Crippen LogP contribution in [0.25, 0.3) is 0 Å². The molecule has 1 aliphatic rings. The summed E-state index contributed by atoms with van der Waals surface area (Å²) in [5.74, 6) is 0.844. The molecule has 0 amide bonds. The number of nitrogens with zero attached hydrogens (tertiary/aromatic N) is 4. The number of rotatable bonds is 4. The van der Waals surface area contributed by atoms with E-state index in [9.17, 15) is 8.42 Å². The highest BCUT2D eigenvalue weighted by Crippen LogP contribution is 2.35. The van der Waals surface area contributed by atoms with Gasteiger partial charge in [0, 0.05) is 40.9 Å². The molecule has 2 heterocycles. The first-order chi connectivity index (χ1) is 9.34. The minimum absolute atomic E-state index is 0.0934. The summed E-state index contributed by atoms with van der Waals surface area (Å²) in [6, 6.07) is 3.78. The first-order valence-corrected chi connectivity index (χ1v) is 8.06. The van der Waals surface area contributed by atoms with Gasteiger partial charge in [-0.3, -0.25) is 0 Å². The average molecular weight is 298 g/mol. The molecule has 1 fully saturated rings. The molecule has 0 radical (unpaired) electrons. The normalized spacial score (nSPS) is 20.6. The van der Waals surface area contributed by atoms with Gasteiger partial charge in [-0.15, -0.1) is 0 Å². The van der Waals surface area contributed by atoms with Crippen LogP contribution in [0.3, 0.4) is 0 Å². The summed E-state index contributed by atoms with van der Waals surface area (Å²) in [6.45, 7) is 0.574. The zero-order valence-electron chi connectivity index (χ0n) is 12.4. The maximum atomic E-state index is 12.4. The number of hydrogen-bond acceptors (Lipinski definition) is 4. The highest BCUT2D eigenvalue weighted by Gasteiger charge is 2.36. The van der Waals surface area contributed by atoms with Crippen LogP contribution in [0.1, 0.15) is 24.4 Å². The molecule has 0 aliphatic carbocycles. The van der Waals surface area contributed by atoms with Gasteiger partial charge in [0.05, 0.1) is 6.04 Å². The third-order valence-electron chi connectivity index (χ3n) is 3.57. The predicted molar refractivity (Wildman–Crippen MR) is 79.9 cm³/mol. The third-order valence-corrected chi connectivity index (χ3v) is 5.53. The number of aromatic nitrogens is 1. The van der Waals surface area contributed by atoms with Crippen LogP contribution in [-0.4, -0.2) is 56.7 Å². The Labute approximate surface area is 121 Å². The molecule has 112 valence electrons. The van der Waals surface area contributed by atoms with E-state index in [4.69, 9.17) is 0 Å². The predicted octanol–water partition coefficient (Wildman–Crippen LogP) is 1.09. The van der Waals surface area contributed by atoms with Gasteiger partial charge in [0.1, 0.15) is 5.82 Å². The lowest BCUT2D eigenvalue weighted by Crippen LogP contribution is -2.39. The van der Waals surface area contributed by atoms with Crippen LogP contribution in [0.4, 0.5) is 5.82 Å². The Morgan fingerprint density at radius 1 is 1.30 bits per heavy atom. The summed E-state index contributed by atoms with van der Waals surface area (Å²) in [7, 11) is 3.62. The summed E-state index contributed by atoms with van der Waals surface area (Å²) in [5.41, 5.74) is 1.01. The minimum atomic E-state index is -3.37. The van der Waals surface area contributed by atoms with Crippen molar-refractivity contribution in [3.05, 3.63) is 23.9 Å². The smallest absolute Gasteiger partial charge is 0.282 e. The Kier molecular flexibility index (Phi) is 4.31. The van der Waals surface area contributed by atoms with Gasteiger partial charge in [0.15, 0.2) is 0 Å². The van der Waals surface area contributed by atoms with Crippen LogP contribution in [-0.2, 0) is 10.2 Å². The van der Waals surface area contributed by atoms with E-state index in [0.717, 1.165) is 24.2 Å². The highest BCUT2D eigenvalue weighted by molar-refractivity contribution is 7.86. The molecule has 0 aromatic carbocycles. The first kappa shape index (κ1) is 15.2. The summed E-state index contributed by atoms with van der Waals surface area (Å²) in [4.78, 5) is 6.20. The maximum absolute atomic E-state index is 12.4. The molecule has 0 saturated carbocycles. The SMILES string of the molecule is CN(C)c1cc([C@@H]2CCCN2S(=O)(=O)N(C)C)ccn1. The van der Waals surface area contributed by atoms with E-state index >= 15 is 0 Å². The number of pyridine rings is 1. The topological polar surface area (TPSA) is 56.8 Å². The van der Waals surface area contributed by atoms with E-state index in [1.807, 2.05) is 31.1 Å². The summed E-state index contributed by atoms with van der Waals surface area (Å²) in [6.07, 6.45) is 3.48. The van der Waals surface area contributed by atoms with Gasteiger partial charge in [-0.25, -0.2) is 4.98 Å². The average Bonchev–Trinajstić information content (AvgIpc) is 2.88. The number of hydrogen-bond donors (Lipinski definition) is 0. The molecule has 7 heteroatoms. The summed E-state index contributed by atoms with van der Waals surface area (Å²) in [5, 5.41) is 0. The van der Waals surface area contributed by atoms with E-state index in [2.05, 4.69) is 4.98 Å². The minimum Gasteiger partial charge on any atom is -0.363 e. The lowest BCUT2D eigenvalue weighted by molar-refractivity contribution is 0.362. The molecule has 0 N–H and O–H groups in total. The molecule has 1 aromatic heterocycles. The fraction of sp³-hybridized carbons (Fsp3) is 0.615. The molecule has 6 nitrogen and oxygen atoms in total. The Bertz CT molecular complexity index is 571. The van der Waals surface area contributed by atoms with Crippen molar-refractivity contribution < 1.29 is 8.42 Å². The van der Waals surface area contributed by atoms with E-state index in [1.165, 1.54) is 4.31 Å². The van der Waals surface area contributed by atoms with Crippen molar-refractivity contribution in [2.75, 3.05) is 39.6 Å². The van der Waals surface area contributed by atoms with Crippen molar-refractivity contribution in [3.63, 3.8) is 0 Å². The van der Waals surface area contributed by atoms with Gasteiger partial charge in [-0.1, -0.05) is 0 Å². The largest absolute Gasteiger partial charge is 0.363 e. The lowest BCUT2D eigenvalue weighted by atomic mass is 10.1. The second kappa shape index (κ2) is 5.67. The van der Waals surface area contributed by atoms with Crippen molar-refractivity contribution in [2.45, 2.75) is 18.9 Å². The van der Waals surface area contributed by atoms with Gasteiger partial charge in [-0.05, 0) is 30.5 Å². The van der Waals surface area contributed by atoms with Crippen molar-refractivity contribution in [3.8, 4) is 0 Å². The zero-order chi connectivity index (χ0) is 14.9. The molecule has 1 atom stereocenters. The van der Waals surface area contributed by atoms with Crippen LogP contribution in [0.5, 0.6) is 0 Å². The van der Waals surface area contributed by atoms with Gasteiger partial charge < -0.3 is 4.90 Å². The van der Waals surface area contributed by atoms with Gasteiger partial charge in [-0.2, -0.15) is 17.0 Å². The van der Waals surface area contributed by atoms with Gasteiger partial charge >= 0.3 is 0 Å². The molecule has 20 heavy (non-hydrogen) atoms. The molecule has 1 saturated heterocycles. The molecule has 0 unspecified atom stereocenters. The van der Waals surface area contributed by atoms with E-state index in [1.54, 1.807) is 24.6 Å². The van der Waals surface area contributed by atoms with E-state index in [-0.39, 0.29) is 6.04 Å². The molecule has 1 aromatic rings. The molecule has 2 rings (SSSR count). The van der Waals surface area contributed by atoms with Crippen molar-refractivity contribution in [1.82, 2.24) is 13.6 Å². The molecule has 1 aliphatic heterocycles.